The van der Waals surface area contributed by atoms with Crippen molar-refractivity contribution in [2.75, 3.05) is 0 Å². The van der Waals surface area contributed by atoms with Crippen LogP contribution in [0.3, 0.4) is 0 Å². The van der Waals surface area contributed by atoms with E-state index in [1.807, 2.05) is 17.4 Å². The highest BCUT2D eigenvalue weighted by molar-refractivity contribution is 7.26. The van der Waals surface area contributed by atoms with Crippen molar-refractivity contribution in [3.63, 3.8) is 0 Å². The van der Waals surface area contributed by atoms with E-state index < -0.39 is 0 Å². The molecule has 0 spiro atoms. The summed E-state index contributed by atoms with van der Waals surface area (Å²) >= 11 is 1.87. The van der Waals surface area contributed by atoms with Gasteiger partial charge in [-0.1, -0.05) is 178 Å². The first-order valence-electron chi connectivity index (χ1n) is 21.3. The Morgan fingerprint density at radius 2 is 1.00 bits per heavy atom. The summed E-state index contributed by atoms with van der Waals surface area (Å²) < 4.78 is 2.59. The van der Waals surface area contributed by atoms with Crippen LogP contribution in [0.2, 0.25) is 0 Å². The molecule has 2 aromatic heterocycles. The molecule has 3 heteroatoms. The highest BCUT2D eigenvalue weighted by Crippen LogP contribution is 2.50. The van der Waals surface area contributed by atoms with Crippen LogP contribution >= 0.6 is 11.3 Å². The zero-order valence-corrected chi connectivity index (χ0v) is 35.2. The SMILES string of the molecule is CC1(C)c2ccccc2-c2ccc(-c3ccccc3-c3cc(-c4cc(-c5ccc6ccccc6c5)cc(-c5cccc6c5sc5ccccc56)c4)nc(-c4ccccc4)n3)cc21. The molecule has 0 radical (unpaired) electrons. The maximum Gasteiger partial charge on any atom is 0.160 e. The lowest BCUT2D eigenvalue weighted by Crippen LogP contribution is -2.14. The second-order valence-corrected chi connectivity index (χ2v) is 18.0. The number of rotatable bonds is 6. The number of hydrogen-bond donors (Lipinski definition) is 0. The number of hydrogen-bond acceptors (Lipinski definition) is 3. The summed E-state index contributed by atoms with van der Waals surface area (Å²) in [5, 5.41) is 5.02. The Labute approximate surface area is 365 Å². The summed E-state index contributed by atoms with van der Waals surface area (Å²) in [6.07, 6.45) is 0. The smallest absolute Gasteiger partial charge is 0.160 e. The molecule has 1 aliphatic rings. The second kappa shape index (κ2) is 14.3. The minimum Gasteiger partial charge on any atom is -0.228 e. The molecule has 0 N–H and O–H groups in total. The van der Waals surface area contributed by atoms with Gasteiger partial charge in [-0.2, -0.15) is 0 Å². The summed E-state index contributed by atoms with van der Waals surface area (Å²) in [5.74, 6) is 0.697. The Hall–Kier alpha value is -7.46. The van der Waals surface area contributed by atoms with Gasteiger partial charge in [0.1, 0.15) is 0 Å². The molecule has 292 valence electrons. The predicted molar refractivity (Wildman–Crippen MR) is 263 cm³/mol. The van der Waals surface area contributed by atoms with E-state index in [0.717, 1.165) is 44.8 Å². The predicted octanol–water partition coefficient (Wildman–Crippen LogP) is 16.3. The molecule has 0 aliphatic heterocycles. The highest BCUT2D eigenvalue weighted by atomic mass is 32.1. The molecule has 0 atom stereocenters. The minimum atomic E-state index is -0.104. The number of aromatic nitrogens is 2. The van der Waals surface area contributed by atoms with Gasteiger partial charge in [-0.3, -0.25) is 0 Å². The lowest BCUT2D eigenvalue weighted by molar-refractivity contribution is 0.660. The number of nitrogens with zero attached hydrogens (tertiary/aromatic N) is 2. The van der Waals surface area contributed by atoms with Crippen LogP contribution in [-0.2, 0) is 5.41 Å². The molecule has 0 fully saturated rings. The Bertz CT molecular complexity index is 3560. The van der Waals surface area contributed by atoms with Gasteiger partial charge in [-0.05, 0) is 109 Å². The average molecular weight is 809 g/mol. The van der Waals surface area contributed by atoms with E-state index in [2.05, 4.69) is 214 Å². The Morgan fingerprint density at radius 3 is 1.89 bits per heavy atom. The van der Waals surface area contributed by atoms with Gasteiger partial charge in [0.2, 0.25) is 0 Å². The van der Waals surface area contributed by atoms with E-state index in [1.54, 1.807) is 0 Å². The van der Waals surface area contributed by atoms with Crippen LogP contribution in [0.25, 0.3) is 109 Å². The summed E-state index contributed by atoms with van der Waals surface area (Å²) in [5.41, 5.74) is 17.1. The van der Waals surface area contributed by atoms with Gasteiger partial charge in [-0.15, -0.1) is 11.3 Å². The topological polar surface area (TPSA) is 25.8 Å². The van der Waals surface area contributed by atoms with Crippen molar-refractivity contribution in [3.05, 3.63) is 217 Å². The molecule has 2 nitrogen and oxygen atoms in total. The fraction of sp³-hybridized carbons (Fsp3) is 0.0508. The van der Waals surface area contributed by atoms with Crippen LogP contribution in [-0.4, -0.2) is 9.97 Å². The van der Waals surface area contributed by atoms with Crippen molar-refractivity contribution >= 4 is 42.3 Å². The van der Waals surface area contributed by atoms with Crippen LogP contribution in [0.4, 0.5) is 0 Å². The fourth-order valence-corrected chi connectivity index (χ4v) is 11.0. The fourth-order valence-electron chi connectivity index (χ4n) is 9.72. The first kappa shape index (κ1) is 36.4. The van der Waals surface area contributed by atoms with E-state index >= 15 is 0 Å². The van der Waals surface area contributed by atoms with Gasteiger partial charge < -0.3 is 0 Å². The number of benzene rings is 9. The van der Waals surface area contributed by atoms with E-state index in [-0.39, 0.29) is 5.41 Å². The molecule has 62 heavy (non-hydrogen) atoms. The Balaban J connectivity index is 1.07. The highest BCUT2D eigenvalue weighted by Gasteiger charge is 2.35. The third kappa shape index (κ3) is 6.00. The van der Waals surface area contributed by atoms with Crippen LogP contribution in [0, 0.1) is 0 Å². The van der Waals surface area contributed by atoms with Gasteiger partial charge >= 0.3 is 0 Å². The molecule has 0 saturated carbocycles. The average Bonchev–Trinajstić information content (AvgIpc) is 3.83. The van der Waals surface area contributed by atoms with E-state index in [0.29, 0.717) is 5.82 Å². The van der Waals surface area contributed by atoms with Crippen molar-refractivity contribution in [3.8, 4) is 78.4 Å². The third-order valence-corrected chi connectivity index (χ3v) is 14.1. The third-order valence-electron chi connectivity index (χ3n) is 12.9. The molecule has 0 bridgehead atoms. The molecule has 11 aromatic rings. The van der Waals surface area contributed by atoms with Crippen molar-refractivity contribution in [1.29, 1.82) is 0 Å². The molecule has 9 aromatic carbocycles. The van der Waals surface area contributed by atoms with Gasteiger partial charge in [0, 0.05) is 42.3 Å². The number of thiophene rings is 1. The van der Waals surface area contributed by atoms with E-state index in [9.17, 15) is 0 Å². The zero-order chi connectivity index (χ0) is 41.4. The monoisotopic (exact) mass is 808 g/mol. The van der Waals surface area contributed by atoms with Crippen molar-refractivity contribution < 1.29 is 0 Å². The van der Waals surface area contributed by atoms with Crippen LogP contribution in [0.5, 0.6) is 0 Å². The molecular formula is C59H40N2S. The Morgan fingerprint density at radius 1 is 0.355 bits per heavy atom. The first-order chi connectivity index (χ1) is 30.5. The van der Waals surface area contributed by atoms with E-state index in [1.165, 1.54) is 69.9 Å². The van der Waals surface area contributed by atoms with Gasteiger partial charge in [0.25, 0.3) is 0 Å². The zero-order valence-electron chi connectivity index (χ0n) is 34.4. The lowest BCUT2D eigenvalue weighted by atomic mass is 9.81. The normalized spacial score (nSPS) is 12.8. The number of fused-ring (bicyclic) bond motifs is 7. The molecule has 2 heterocycles. The maximum absolute atomic E-state index is 5.40. The largest absolute Gasteiger partial charge is 0.228 e. The molecule has 0 amide bonds. The van der Waals surface area contributed by atoms with Crippen LogP contribution < -0.4 is 0 Å². The van der Waals surface area contributed by atoms with Crippen LogP contribution in [0.15, 0.2) is 206 Å². The molecule has 0 saturated heterocycles. The van der Waals surface area contributed by atoms with Gasteiger partial charge in [0.15, 0.2) is 5.82 Å². The summed E-state index contributed by atoms with van der Waals surface area (Å²) in [7, 11) is 0. The summed E-state index contributed by atoms with van der Waals surface area (Å²) in [6, 6.07) is 75.0. The first-order valence-corrected chi connectivity index (χ1v) is 22.1. The van der Waals surface area contributed by atoms with Gasteiger partial charge in [0.05, 0.1) is 11.4 Å². The molecule has 1 aliphatic carbocycles. The molecule has 12 rings (SSSR count). The summed E-state index contributed by atoms with van der Waals surface area (Å²) in [6.45, 7) is 4.69. The Kier molecular flexibility index (Phi) is 8.41. The summed E-state index contributed by atoms with van der Waals surface area (Å²) in [4.78, 5) is 10.8. The van der Waals surface area contributed by atoms with Gasteiger partial charge in [-0.25, -0.2) is 9.97 Å². The maximum atomic E-state index is 5.40. The molecule has 0 unspecified atom stereocenters. The minimum absolute atomic E-state index is 0.104. The van der Waals surface area contributed by atoms with Crippen molar-refractivity contribution in [2.24, 2.45) is 0 Å². The van der Waals surface area contributed by atoms with Crippen molar-refractivity contribution in [2.45, 2.75) is 19.3 Å². The standard InChI is InChI=1S/C59H40N2S/c1-59(2)52-25-12-10-20-47(52)48-30-29-41(35-53(48)59)45-19-8-9-21-49(45)55-36-54(60-58(61-55)38-16-4-3-5-17-38)44-33-42(40-28-27-37-15-6-7-18-39(37)31-40)32-43(34-44)46-23-14-24-51-50-22-11-13-26-56(50)62-57(46)51/h3-36H,1-2H3. The van der Waals surface area contributed by atoms with Crippen LogP contribution in [0.1, 0.15) is 25.0 Å². The van der Waals surface area contributed by atoms with E-state index in [4.69, 9.17) is 9.97 Å². The van der Waals surface area contributed by atoms with Crippen molar-refractivity contribution in [1.82, 2.24) is 9.97 Å². The second-order valence-electron chi connectivity index (χ2n) is 16.9. The lowest BCUT2D eigenvalue weighted by Gasteiger charge is -2.22. The quantitative estimate of drug-likeness (QED) is 0.167. The molecular weight excluding hydrogens is 769 g/mol.